The van der Waals surface area contributed by atoms with Crippen LogP contribution >= 0.6 is 11.6 Å². The number of carbonyl (C=O) groups excluding carboxylic acids is 2. The average molecular weight is 294 g/mol. The molecular formula is C14H14ClN2O3. The van der Waals surface area contributed by atoms with Gasteiger partial charge >= 0.3 is 0 Å². The van der Waals surface area contributed by atoms with E-state index in [4.69, 9.17) is 11.6 Å². The van der Waals surface area contributed by atoms with Gasteiger partial charge in [-0.25, -0.2) is 5.32 Å². The van der Waals surface area contributed by atoms with E-state index in [1.807, 2.05) is 0 Å². The summed E-state index contributed by atoms with van der Waals surface area (Å²) in [5.74, 6) is -1.09. The first-order valence-corrected chi connectivity index (χ1v) is 6.51. The monoisotopic (exact) mass is 293 g/mol. The van der Waals surface area contributed by atoms with E-state index in [2.05, 4.69) is 10.6 Å². The maximum atomic E-state index is 11.8. The molecule has 1 heterocycles. The van der Waals surface area contributed by atoms with Crippen LogP contribution in [0.4, 0.5) is 5.69 Å². The van der Waals surface area contributed by atoms with Crippen LogP contribution in [0.1, 0.15) is 13.8 Å². The number of hydrogen-bond donors (Lipinski definition) is 2. The largest absolute Gasteiger partial charge is 0.383 e. The van der Waals surface area contributed by atoms with Gasteiger partial charge in [-0.15, -0.1) is 0 Å². The zero-order valence-corrected chi connectivity index (χ0v) is 11.8. The smallest absolute Gasteiger partial charge is 0.270 e. The minimum Gasteiger partial charge on any atom is -0.383 e. The Morgan fingerprint density at radius 3 is 2.70 bits per heavy atom. The lowest BCUT2D eigenvalue weighted by atomic mass is 10.1. The lowest BCUT2D eigenvalue weighted by molar-refractivity contribution is -0.126. The standard InChI is InChI=1S/C14H14ClN2O3/c1-7(2)13(19)14(20)17-11-4-8-5-12(18)16-6-9(8)3-10(11)15/h3-7,13,19H,1-2H3,(H,17,20)/t13-/m1/s1. The number of hydrogen-bond acceptors (Lipinski definition) is 3. The van der Waals surface area contributed by atoms with Gasteiger partial charge in [0.2, 0.25) is 0 Å². The molecule has 0 unspecified atom stereocenters. The van der Waals surface area contributed by atoms with Crippen LogP contribution in [0.2, 0.25) is 5.02 Å². The molecule has 0 fully saturated rings. The van der Waals surface area contributed by atoms with Gasteiger partial charge in [0, 0.05) is 17.5 Å². The second kappa shape index (κ2) is 5.64. The molecule has 20 heavy (non-hydrogen) atoms. The number of aliphatic hydroxyl groups excluding tert-OH is 1. The number of aliphatic hydroxyl groups is 1. The van der Waals surface area contributed by atoms with E-state index in [0.29, 0.717) is 21.1 Å². The minimum absolute atomic E-state index is 0.202. The zero-order valence-electron chi connectivity index (χ0n) is 11.1. The molecular weight excluding hydrogens is 280 g/mol. The number of nitrogens with one attached hydrogen (secondary N) is 1. The van der Waals surface area contributed by atoms with Crippen molar-refractivity contribution in [3.05, 3.63) is 27.6 Å². The second-order valence-corrected chi connectivity index (χ2v) is 5.29. The number of rotatable bonds is 3. The van der Waals surface area contributed by atoms with E-state index >= 15 is 0 Å². The predicted molar refractivity (Wildman–Crippen MR) is 76.2 cm³/mol. The maximum Gasteiger partial charge on any atom is 0.270 e. The van der Waals surface area contributed by atoms with Gasteiger partial charge in [-0.1, -0.05) is 25.4 Å². The average Bonchev–Trinajstić information content (AvgIpc) is 2.39. The molecule has 1 radical (unpaired) electrons. The second-order valence-electron chi connectivity index (χ2n) is 4.88. The fourth-order valence-corrected chi connectivity index (χ4v) is 1.97. The summed E-state index contributed by atoms with van der Waals surface area (Å²) in [7, 11) is 0. The van der Waals surface area contributed by atoms with E-state index in [1.54, 1.807) is 26.0 Å². The first-order chi connectivity index (χ1) is 9.38. The molecule has 6 heteroatoms. The lowest BCUT2D eigenvalue weighted by Crippen LogP contribution is -2.35. The van der Waals surface area contributed by atoms with Crippen LogP contribution in [0.25, 0.3) is 12.3 Å². The molecule has 105 valence electrons. The van der Waals surface area contributed by atoms with Crippen LogP contribution in [0.3, 0.4) is 0 Å². The van der Waals surface area contributed by atoms with Crippen molar-refractivity contribution >= 4 is 41.4 Å². The molecule has 2 N–H and O–H groups in total. The molecule has 5 nitrogen and oxygen atoms in total. The molecule has 2 rings (SSSR count). The molecule has 0 spiro atoms. The van der Waals surface area contributed by atoms with Crippen LogP contribution in [0, 0.1) is 5.92 Å². The first-order valence-electron chi connectivity index (χ1n) is 6.13. The van der Waals surface area contributed by atoms with Gasteiger partial charge in [0.1, 0.15) is 6.10 Å². The highest BCUT2D eigenvalue weighted by molar-refractivity contribution is 6.33. The van der Waals surface area contributed by atoms with Crippen molar-refractivity contribution in [2.45, 2.75) is 20.0 Å². The number of fused-ring (bicyclic) bond motifs is 1. The number of benzene rings is 1. The third-order valence-electron chi connectivity index (χ3n) is 2.94. The minimum atomic E-state index is -1.12. The predicted octanol–water partition coefficient (Wildman–Crippen LogP) is -0.0415. The molecule has 0 saturated carbocycles. The van der Waals surface area contributed by atoms with E-state index in [-0.39, 0.29) is 11.8 Å². The summed E-state index contributed by atoms with van der Waals surface area (Å²) in [4.78, 5) is 23.0. The number of amides is 2. The highest BCUT2D eigenvalue weighted by Gasteiger charge is 2.19. The van der Waals surface area contributed by atoms with Gasteiger partial charge in [-0.2, -0.15) is 0 Å². The van der Waals surface area contributed by atoms with Gasteiger partial charge in [-0.3, -0.25) is 9.59 Å². The molecule has 1 aliphatic heterocycles. The summed E-state index contributed by atoms with van der Waals surface area (Å²) < 4.78 is 0. The Bertz CT molecular complexity index is 682. The molecule has 1 aliphatic rings. The molecule has 0 bridgehead atoms. The fraction of sp³-hybridized carbons (Fsp3) is 0.286. The summed E-state index contributed by atoms with van der Waals surface area (Å²) in [5.41, 5.74) is 0.356. The molecule has 0 aromatic heterocycles. The zero-order chi connectivity index (χ0) is 14.9. The van der Waals surface area contributed by atoms with Gasteiger partial charge in [0.05, 0.1) is 10.7 Å². The maximum absolute atomic E-state index is 11.8. The van der Waals surface area contributed by atoms with E-state index in [1.165, 1.54) is 12.3 Å². The summed E-state index contributed by atoms with van der Waals surface area (Å²) in [6.45, 7) is 3.48. The Kier molecular flexibility index (Phi) is 4.11. The summed E-state index contributed by atoms with van der Waals surface area (Å²) in [6, 6.07) is 3.20. The van der Waals surface area contributed by atoms with Crippen molar-refractivity contribution in [3.8, 4) is 0 Å². The molecule has 0 saturated heterocycles. The van der Waals surface area contributed by atoms with Gasteiger partial charge in [0.15, 0.2) is 0 Å². The Morgan fingerprint density at radius 1 is 1.35 bits per heavy atom. The number of halogens is 1. The topological polar surface area (TPSA) is 80.5 Å². The highest BCUT2D eigenvalue weighted by Crippen LogP contribution is 2.18. The van der Waals surface area contributed by atoms with E-state index in [0.717, 1.165) is 0 Å². The van der Waals surface area contributed by atoms with Crippen molar-refractivity contribution in [3.63, 3.8) is 0 Å². The fourth-order valence-electron chi connectivity index (χ4n) is 1.75. The Hall–Kier alpha value is -1.85. The highest BCUT2D eigenvalue weighted by atomic mass is 35.5. The molecule has 1 atom stereocenters. The third-order valence-corrected chi connectivity index (χ3v) is 3.25. The molecule has 1 aromatic carbocycles. The Morgan fingerprint density at radius 2 is 2.05 bits per heavy atom. The van der Waals surface area contributed by atoms with Crippen LogP contribution in [0.5, 0.6) is 0 Å². The normalized spacial score (nSPS) is 14.8. The summed E-state index contributed by atoms with van der Waals surface area (Å²) in [6.07, 6.45) is 1.67. The van der Waals surface area contributed by atoms with Gasteiger partial charge < -0.3 is 10.4 Å². The van der Waals surface area contributed by atoms with Gasteiger partial charge in [-0.05, 0) is 23.3 Å². The number of carbonyl (C=O) groups is 2. The van der Waals surface area contributed by atoms with E-state index < -0.39 is 12.0 Å². The number of nitrogens with zero attached hydrogens (tertiary/aromatic N) is 1. The molecule has 0 aliphatic carbocycles. The number of anilines is 1. The van der Waals surface area contributed by atoms with Crippen molar-refractivity contribution in [1.82, 2.24) is 5.32 Å². The third kappa shape index (κ3) is 3.00. The van der Waals surface area contributed by atoms with Crippen molar-refractivity contribution in [1.29, 1.82) is 0 Å². The first kappa shape index (κ1) is 14.6. The van der Waals surface area contributed by atoms with Gasteiger partial charge in [0.25, 0.3) is 11.8 Å². The van der Waals surface area contributed by atoms with Crippen molar-refractivity contribution in [2.75, 3.05) is 5.32 Å². The summed E-state index contributed by atoms with van der Waals surface area (Å²) in [5, 5.41) is 17.6. The molecule has 1 aromatic rings. The quantitative estimate of drug-likeness (QED) is 0.820. The van der Waals surface area contributed by atoms with Crippen LogP contribution < -0.4 is 21.1 Å². The van der Waals surface area contributed by atoms with Crippen molar-refractivity contribution in [2.24, 2.45) is 5.92 Å². The van der Waals surface area contributed by atoms with Crippen LogP contribution in [-0.2, 0) is 9.59 Å². The lowest BCUT2D eigenvalue weighted by Gasteiger charge is -2.15. The van der Waals surface area contributed by atoms with Crippen molar-refractivity contribution < 1.29 is 14.7 Å². The Balaban J connectivity index is 2.35. The van der Waals surface area contributed by atoms with Crippen LogP contribution in [-0.4, -0.2) is 23.0 Å². The Labute approximate surface area is 120 Å². The molecule has 2 amide bonds. The van der Waals surface area contributed by atoms with Crippen LogP contribution in [0.15, 0.2) is 12.1 Å². The van der Waals surface area contributed by atoms with E-state index in [9.17, 15) is 14.7 Å². The summed E-state index contributed by atoms with van der Waals surface area (Å²) >= 11 is 6.07. The SMILES string of the molecule is CC(C)[C@@H](O)C(=O)Nc1cc2c(cc1Cl)=C[N]C(=O)C=2.